The highest BCUT2D eigenvalue weighted by atomic mass is 32.2. The fourth-order valence-electron chi connectivity index (χ4n) is 2.65. The molecule has 8 heteroatoms. The van der Waals surface area contributed by atoms with Gasteiger partial charge in [0.05, 0.1) is 9.79 Å². The largest absolute Gasteiger partial charge is 0.303 e. The summed E-state index contributed by atoms with van der Waals surface area (Å²) in [5.41, 5.74) is 0. The third-order valence-corrected chi connectivity index (χ3v) is 6.50. The number of sulfone groups is 1. The van der Waals surface area contributed by atoms with Gasteiger partial charge in [-0.25, -0.2) is 21.6 Å². The Kier molecular flexibility index (Phi) is 6.19. The highest BCUT2D eigenvalue weighted by molar-refractivity contribution is 7.91. The van der Waals surface area contributed by atoms with Gasteiger partial charge in [0.1, 0.15) is 0 Å². The summed E-state index contributed by atoms with van der Waals surface area (Å²) in [6.07, 6.45) is 5.50. The topological polar surface area (TPSA) is 83.5 Å². The molecule has 1 aromatic rings. The van der Waals surface area contributed by atoms with Crippen LogP contribution in [0.3, 0.4) is 0 Å². The number of likely N-dealkylation sites (tertiary alicyclic amines) is 1. The van der Waals surface area contributed by atoms with E-state index < -0.39 is 19.9 Å². The number of benzene rings is 1. The molecule has 0 atom stereocenters. The van der Waals surface area contributed by atoms with Gasteiger partial charge in [-0.2, -0.15) is 0 Å². The average Bonchev–Trinajstić information content (AvgIpc) is 2.52. The van der Waals surface area contributed by atoms with Gasteiger partial charge in [0.15, 0.2) is 9.84 Å². The molecule has 130 valence electrons. The predicted octanol–water partition coefficient (Wildman–Crippen LogP) is 1.24. The Labute approximate surface area is 138 Å². The minimum atomic E-state index is -3.68. The summed E-state index contributed by atoms with van der Waals surface area (Å²) in [5, 5.41) is 0. The fraction of sp³-hybridized carbons (Fsp3) is 0.600. The van der Waals surface area contributed by atoms with Gasteiger partial charge in [0.25, 0.3) is 0 Å². The third-order valence-electron chi connectivity index (χ3n) is 3.94. The first-order valence-electron chi connectivity index (χ1n) is 7.81. The molecule has 0 aromatic heterocycles. The molecule has 1 aromatic carbocycles. The standard InChI is InChI=1S/C15H24N2O4S2/c1-22(18,19)14-7-5-8-15(13-14)23(20,21)16-9-6-12-17-10-3-2-4-11-17/h5,7-8,13,16H,2-4,6,9-12H2,1H3. The van der Waals surface area contributed by atoms with Gasteiger partial charge in [-0.3, -0.25) is 0 Å². The maximum atomic E-state index is 12.2. The van der Waals surface area contributed by atoms with Crippen molar-refractivity contribution in [3.8, 4) is 0 Å². The molecule has 0 radical (unpaired) electrons. The lowest BCUT2D eigenvalue weighted by atomic mass is 10.1. The van der Waals surface area contributed by atoms with Crippen LogP contribution in [0.2, 0.25) is 0 Å². The van der Waals surface area contributed by atoms with E-state index in [0.29, 0.717) is 6.54 Å². The van der Waals surface area contributed by atoms with Crippen molar-refractivity contribution in [2.75, 3.05) is 32.4 Å². The maximum absolute atomic E-state index is 12.2. The van der Waals surface area contributed by atoms with E-state index >= 15 is 0 Å². The second kappa shape index (κ2) is 7.74. The number of hydrogen-bond acceptors (Lipinski definition) is 5. The second-order valence-electron chi connectivity index (χ2n) is 5.90. The number of nitrogens with one attached hydrogen (secondary N) is 1. The number of rotatable bonds is 7. The van der Waals surface area contributed by atoms with Gasteiger partial charge in [0, 0.05) is 12.8 Å². The first-order valence-corrected chi connectivity index (χ1v) is 11.2. The Morgan fingerprint density at radius 1 is 1.04 bits per heavy atom. The Bertz CT molecular complexity index is 724. The molecule has 1 N–H and O–H groups in total. The Morgan fingerprint density at radius 3 is 2.35 bits per heavy atom. The zero-order valence-corrected chi connectivity index (χ0v) is 15.0. The molecule has 0 saturated carbocycles. The number of sulfonamides is 1. The average molecular weight is 361 g/mol. The summed E-state index contributed by atoms with van der Waals surface area (Å²) in [6, 6.07) is 5.44. The van der Waals surface area contributed by atoms with Crippen molar-refractivity contribution in [2.45, 2.75) is 35.5 Å². The number of piperidine rings is 1. The van der Waals surface area contributed by atoms with Gasteiger partial charge >= 0.3 is 0 Å². The van der Waals surface area contributed by atoms with Gasteiger partial charge in [-0.15, -0.1) is 0 Å². The molecular weight excluding hydrogens is 336 g/mol. The molecule has 1 aliphatic heterocycles. The van der Waals surface area contributed by atoms with Crippen LogP contribution in [0.1, 0.15) is 25.7 Å². The van der Waals surface area contributed by atoms with Gasteiger partial charge in [0.2, 0.25) is 10.0 Å². The zero-order chi connectivity index (χ0) is 16.9. The minimum Gasteiger partial charge on any atom is -0.303 e. The second-order valence-corrected chi connectivity index (χ2v) is 9.68. The molecule has 1 heterocycles. The van der Waals surface area contributed by atoms with E-state index in [0.717, 1.165) is 32.3 Å². The van der Waals surface area contributed by atoms with Crippen molar-refractivity contribution in [3.05, 3.63) is 24.3 Å². The monoisotopic (exact) mass is 360 g/mol. The summed E-state index contributed by atoms with van der Waals surface area (Å²) < 4.78 is 50.1. The van der Waals surface area contributed by atoms with E-state index in [1.54, 1.807) is 0 Å². The molecule has 1 saturated heterocycles. The summed E-state index contributed by atoms with van der Waals surface area (Å²) in [4.78, 5) is 2.34. The van der Waals surface area contributed by atoms with Crippen molar-refractivity contribution in [1.29, 1.82) is 0 Å². The fourth-order valence-corrected chi connectivity index (χ4v) is 4.51. The SMILES string of the molecule is CS(=O)(=O)c1cccc(S(=O)(=O)NCCCN2CCCCC2)c1. The summed E-state index contributed by atoms with van der Waals surface area (Å²) >= 11 is 0. The van der Waals surface area contributed by atoms with Crippen LogP contribution in [-0.2, 0) is 19.9 Å². The molecule has 1 fully saturated rings. The first kappa shape index (κ1) is 18.4. The lowest BCUT2D eigenvalue weighted by Gasteiger charge is -2.26. The van der Waals surface area contributed by atoms with Gasteiger partial charge in [-0.1, -0.05) is 12.5 Å². The molecular formula is C15H24N2O4S2. The van der Waals surface area contributed by atoms with Crippen LogP contribution in [0, 0.1) is 0 Å². The van der Waals surface area contributed by atoms with Crippen LogP contribution in [0.5, 0.6) is 0 Å². The van der Waals surface area contributed by atoms with Gasteiger partial charge in [-0.05, 0) is 57.1 Å². The summed E-state index contributed by atoms with van der Waals surface area (Å²) in [6.45, 7) is 3.40. The van der Waals surface area contributed by atoms with Crippen LogP contribution < -0.4 is 4.72 Å². The van der Waals surface area contributed by atoms with E-state index in [-0.39, 0.29) is 9.79 Å². The minimum absolute atomic E-state index is 0.00805. The highest BCUT2D eigenvalue weighted by Gasteiger charge is 2.17. The Hall–Kier alpha value is -0.960. The predicted molar refractivity (Wildman–Crippen MR) is 89.6 cm³/mol. The molecule has 23 heavy (non-hydrogen) atoms. The first-order chi connectivity index (χ1) is 10.8. The van der Waals surface area contributed by atoms with E-state index in [2.05, 4.69) is 9.62 Å². The van der Waals surface area contributed by atoms with E-state index in [1.165, 1.54) is 43.5 Å². The van der Waals surface area contributed by atoms with E-state index in [4.69, 9.17) is 0 Å². The number of hydrogen-bond donors (Lipinski definition) is 1. The molecule has 0 bridgehead atoms. The summed E-state index contributed by atoms with van der Waals surface area (Å²) in [7, 11) is -7.10. The third kappa shape index (κ3) is 5.56. The molecule has 0 spiro atoms. The maximum Gasteiger partial charge on any atom is 0.240 e. The Balaban J connectivity index is 1.91. The molecule has 0 aliphatic carbocycles. The van der Waals surface area contributed by atoms with Crippen molar-refractivity contribution in [2.24, 2.45) is 0 Å². The van der Waals surface area contributed by atoms with Crippen LogP contribution >= 0.6 is 0 Å². The molecule has 0 unspecified atom stereocenters. The lowest BCUT2D eigenvalue weighted by Crippen LogP contribution is -2.33. The van der Waals surface area contributed by atoms with Crippen molar-refractivity contribution < 1.29 is 16.8 Å². The Morgan fingerprint density at radius 2 is 1.70 bits per heavy atom. The van der Waals surface area contributed by atoms with Crippen molar-refractivity contribution in [1.82, 2.24) is 9.62 Å². The lowest BCUT2D eigenvalue weighted by molar-refractivity contribution is 0.227. The smallest absolute Gasteiger partial charge is 0.240 e. The van der Waals surface area contributed by atoms with Crippen LogP contribution in [0.15, 0.2) is 34.1 Å². The van der Waals surface area contributed by atoms with E-state index in [9.17, 15) is 16.8 Å². The van der Waals surface area contributed by atoms with Crippen LogP contribution in [-0.4, -0.2) is 54.2 Å². The van der Waals surface area contributed by atoms with Crippen LogP contribution in [0.4, 0.5) is 0 Å². The van der Waals surface area contributed by atoms with Crippen LogP contribution in [0.25, 0.3) is 0 Å². The number of nitrogens with zero attached hydrogens (tertiary/aromatic N) is 1. The highest BCUT2D eigenvalue weighted by Crippen LogP contribution is 2.15. The van der Waals surface area contributed by atoms with Gasteiger partial charge < -0.3 is 4.90 Å². The van der Waals surface area contributed by atoms with E-state index in [1.807, 2.05) is 0 Å². The molecule has 2 rings (SSSR count). The molecule has 1 aliphatic rings. The van der Waals surface area contributed by atoms with Crippen molar-refractivity contribution >= 4 is 19.9 Å². The van der Waals surface area contributed by atoms with Crippen molar-refractivity contribution in [3.63, 3.8) is 0 Å². The molecule has 6 nitrogen and oxygen atoms in total. The quantitative estimate of drug-likeness (QED) is 0.740. The zero-order valence-electron chi connectivity index (χ0n) is 13.4. The normalized spacial score (nSPS) is 17.3. The molecule has 0 amide bonds. The summed E-state index contributed by atoms with van der Waals surface area (Å²) in [5.74, 6) is 0.